The first kappa shape index (κ1) is 12.5. The summed E-state index contributed by atoms with van der Waals surface area (Å²) in [6.45, 7) is 3.80. The highest BCUT2D eigenvalue weighted by Gasteiger charge is 2.36. The first-order valence-electron chi connectivity index (χ1n) is 6.18. The van der Waals surface area contributed by atoms with Gasteiger partial charge < -0.3 is 5.73 Å². The fourth-order valence-corrected chi connectivity index (χ4v) is 2.64. The van der Waals surface area contributed by atoms with Crippen LogP contribution >= 0.6 is 0 Å². The predicted molar refractivity (Wildman–Crippen MR) is 64.6 cm³/mol. The molecule has 0 spiro atoms. The monoisotopic (exact) mass is 239 g/mol. The van der Waals surface area contributed by atoms with Gasteiger partial charge in [-0.2, -0.15) is 0 Å². The van der Waals surface area contributed by atoms with E-state index >= 15 is 0 Å². The van der Waals surface area contributed by atoms with Crippen LogP contribution in [0.3, 0.4) is 0 Å². The van der Waals surface area contributed by atoms with Crippen molar-refractivity contribution in [2.75, 3.05) is 0 Å². The second-order valence-electron chi connectivity index (χ2n) is 5.39. The van der Waals surface area contributed by atoms with Crippen LogP contribution in [0.4, 0.5) is 8.78 Å². The van der Waals surface area contributed by atoms with Gasteiger partial charge >= 0.3 is 0 Å². The lowest BCUT2D eigenvalue weighted by atomic mass is 9.73. The number of nitrogens with two attached hydrogens (primary N) is 1. The van der Waals surface area contributed by atoms with Crippen molar-refractivity contribution in [3.63, 3.8) is 0 Å². The zero-order valence-corrected chi connectivity index (χ0v) is 10.4. The van der Waals surface area contributed by atoms with Crippen molar-refractivity contribution in [1.29, 1.82) is 0 Å². The summed E-state index contributed by atoms with van der Waals surface area (Å²) in [4.78, 5) is 0. The molecule has 2 N–H and O–H groups in total. The molecule has 1 aliphatic carbocycles. The maximum atomic E-state index is 14.1. The quantitative estimate of drug-likeness (QED) is 0.795. The van der Waals surface area contributed by atoms with Gasteiger partial charge in [-0.15, -0.1) is 0 Å². The standard InChI is InChI=1S/C14H19F2N/c1-9-5-7-14(17,8-6-9)12-11(15)4-3-10(2)13(12)16/h3-4,9H,5-8,17H2,1-2H3. The second-order valence-corrected chi connectivity index (χ2v) is 5.39. The van der Waals surface area contributed by atoms with Gasteiger partial charge in [0.25, 0.3) is 0 Å². The lowest BCUT2D eigenvalue weighted by Crippen LogP contribution is -2.42. The average molecular weight is 239 g/mol. The second kappa shape index (κ2) is 4.37. The summed E-state index contributed by atoms with van der Waals surface area (Å²) in [6.07, 6.45) is 3.18. The zero-order valence-electron chi connectivity index (χ0n) is 10.4. The van der Waals surface area contributed by atoms with Crippen molar-refractivity contribution < 1.29 is 8.78 Å². The van der Waals surface area contributed by atoms with Gasteiger partial charge in [-0.3, -0.25) is 0 Å². The van der Waals surface area contributed by atoms with Gasteiger partial charge in [-0.1, -0.05) is 13.0 Å². The fourth-order valence-electron chi connectivity index (χ4n) is 2.64. The molecule has 0 unspecified atom stereocenters. The third-order valence-electron chi connectivity index (χ3n) is 3.95. The largest absolute Gasteiger partial charge is 0.321 e. The predicted octanol–water partition coefficient (Wildman–Crippen LogP) is 3.64. The van der Waals surface area contributed by atoms with Gasteiger partial charge in [0.1, 0.15) is 11.6 Å². The summed E-state index contributed by atoms with van der Waals surface area (Å²) in [5.74, 6) is -0.380. The summed E-state index contributed by atoms with van der Waals surface area (Å²) < 4.78 is 27.9. The number of benzene rings is 1. The van der Waals surface area contributed by atoms with E-state index in [0.29, 0.717) is 24.3 Å². The maximum absolute atomic E-state index is 14.1. The summed E-state index contributed by atoms with van der Waals surface area (Å²) in [5, 5.41) is 0. The fraction of sp³-hybridized carbons (Fsp3) is 0.571. The Morgan fingerprint density at radius 1 is 1.24 bits per heavy atom. The molecule has 0 saturated heterocycles. The van der Waals surface area contributed by atoms with Crippen molar-refractivity contribution in [2.24, 2.45) is 11.7 Å². The Morgan fingerprint density at radius 2 is 1.82 bits per heavy atom. The van der Waals surface area contributed by atoms with E-state index in [9.17, 15) is 8.78 Å². The molecule has 0 aliphatic heterocycles. The van der Waals surface area contributed by atoms with Gasteiger partial charge in [0.15, 0.2) is 0 Å². The van der Waals surface area contributed by atoms with Crippen molar-refractivity contribution in [2.45, 2.75) is 45.1 Å². The maximum Gasteiger partial charge on any atom is 0.134 e. The van der Waals surface area contributed by atoms with E-state index < -0.39 is 17.2 Å². The molecule has 94 valence electrons. The minimum Gasteiger partial charge on any atom is -0.321 e. The van der Waals surface area contributed by atoms with Crippen LogP contribution in [0.5, 0.6) is 0 Å². The molecule has 1 aromatic carbocycles. The summed E-state index contributed by atoms with van der Waals surface area (Å²) >= 11 is 0. The van der Waals surface area contributed by atoms with Crippen molar-refractivity contribution in [3.8, 4) is 0 Å². The highest BCUT2D eigenvalue weighted by atomic mass is 19.1. The molecule has 0 bridgehead atoms. The molecule has 1 nitrogen and oxygen atoms in total. The molecule has 3 heteroatoms. The minimum atomic E-state index is -0.827. The molecule has 0 atom stereocenters. The lowest BCUT2D eigenvalue weighted by Gasteiger charge is -2.37. The van der Waals surface area contributed by atoms with E-state index in [0.717, 1.165) is 12.8 Å². The third kappa shape index (κ3) is 2.21. The van der Waals surface area contributed by atoms with Crippen LogP contribution in [-0.4, -0.2) is 0 Å². The van der Waals surface area contributed by atoms with Crippen LogP contribution in [0.25, 0.3) is 0 Å². The molecule has 1 aliphatic rings. The Bertz CT molecular complexity index is 420. The van der Waals surface area contributed by atoms with Crippen LogP contribution < -0.4 is 5.73 Å². The number of hydrogen-bond acceptors (Lipinski definition) is 1. The summed E-state index contributed by atoms with van der Waals surface area (Å²) in [7, 11) is 0. The van der Waals surface area contributed by atoms with Gasteiger partial charge in [-0.05, 0) is 50.2 Å². The van der Waals surface area contributed by atoms with Crippen LogP contribution in [0.15, 0.2) is 12.1 Å². The number of rotatable bonds is 1. The van der Waals surface area contributed by atoms with E-state index in [1.807, 2.05) is 0 Å². The van der Waals surface area contributed by atoms with Gasteiger partial charge in [-0.25, -0.2) is 8.78 Å². The first-order valence-corrected chi connectivity index (χ1v) is 6.18. The lowest BCUT2D eigenvalue weighted by molar-refractivity contribution is 0.235. The van der Waals surface area contributed by atoms with E-state index in [1.165, 1.54) is 12.1 Å². The van der Waals surface area contributed by atoms with Gasteiger partial charge in [0, 0.05) is 11.1 Å². The van der Waals surface area contributed by atoms with Crippen molar-refractivity contribution in [1.82, 2.24) is 0 Å². The average Bonchev–Trinajstić information content (AvgIpc) is 2.29. The number of hydrogen-bond donors (Lipinski definition) is 1. The molecule has 0 heterocycles. The topological polar surface area (TPSA) is 26.0 Å². The molecule has 1 aromatic rings. The van der Waals surface area contributed by atoms with E-state index in [4.69, 9.17) is 5.73 Å². The van der Waals surface area contributed by atoms with Crippen LogP contribution in [-0.2, 0) is 5.54 Å². The Balaban J connectivity index is 2.43. The van der Waals surface area contributed by atoms with E-state index in [2.05, 4.69) is 6.92 Å². The summed E-state index contributed by atoms with van der Waals surface area (Å²) in [6, 6.07) is 2.78. The molecule has 0 amide bonds. The van der Waals surface area contributed by atoms with Crippen molar-refractivity contribution >= 4 is 0 Å². The number of halogens is 2. The van der Waals surface area contributed by atoms with Crippen LogP contribution in [0.2, 0.25) is 0 Å². The number of aryl methyl sites for hydroxylation is 1. The molecule has 0 radical (unpaired) electrons. The minimum absolute atomic E-state index is 0.0874. The molecule has 1 saturated carbocycles. The molecule has 0 aromatic heterocycles. The summed E-state index contributed by atoms with van der Waals surface area (Å²) in [5.41, 5.74) is 5.96. The normalized spacial score (nSPS) is 29.4. The Hall–Kier alpha value is -0.960. The van der Waals surface area contributed by atoms with Gasteiger partial charge in [0.2, 0.25) is 0 Å². The SMILES string of the molecule is Cc1ccc(F)c(C2(N)CCC(C)CC2)c1F. The van der Waals surface area contributed by atoms with Gasteiger partial charge in [0.05, 0.1) is 0 Å². The Morgan fingerprint density at radius 3 is 2.41 bits per heavy atom. The molecular formula is C14H19F2N. The smallest absolute Gasteiger partial charge is 0.134 e. The molecular weight excluding hydrogens is 220 g/mol. The zero-order chi connectivity index (χ0) is 12.6. The van der Waals surface area contributed by atoms with E-state index in [1.54, 1.807) is 6.92 Å². The molecule has 1 fully saturated rings. The highest BCUT2D eigenvalue weighted by molar-refractivity contribution is 5.32. The Labute approximate surface area is 101 Å². The van der Waals surface area contributed by atoms with Crippen molar-refractivity contribution in [3.05, 3.63) is 34.9 Å². The van der Waals surface area contributed by atoms with E-state index in [-0.39, 0.29) is 5.56 Å². The van der Waals surface area contributed by atoms with Crippen LogP contribution in [0.1, 0.15) is 43.7 Å². The third-order valence-corrected chi connectivity index (χ3v) is 3.95. The molecule has 2 rings (SSSR count). The first-order chi connectivity index (χ1) is 7.94. The Kier molecular flexibility index (Phi) is 3.21. The van der Waals surface area contributed by atoms with Crippen LogP contribution in [0, 0.1) is 24.5 Å². The highest BCUT2D eigenvalue weighted by Crippen LogP contribution is 2.39. The molecule has 17 heavy (non-hydrogen) atoms.